The molecule has 0 aliphatic heterocycles. The molecular weight excluding hydrogens is 250 g/mol. The van der Waals surface area contributed by atoms with Crippen LogP contribution in [0.25, 0.3) is 0 Å². The van der Waals surface area contributed by atoms with Crippen molar-refractivity contribution < 1.29 is 8.78 Å². The number of nitrogens with two attached hydrogens (primary N) is 1. The highest BCUT2D eigenvalue weighted by atomic mass is 19.1. The van der Waals surface area contributed by atoms with Crippen molar-refractivity contribution >= 4 is 0 Å². The maximum absolute atomic E-state index is 13.6. The molecule has 0 saturated heterocycles. The number of hydrogen-bond acceptors (Lipinski definition) is 3. The summed E-state index contributed by atoms with van der Waals surface area (Å²) in [7, 11) is 1.79. The largest absolute Gasteiger partial charge is 0.271 e. The second-order valence-corrected chi connectivity index (χ2v) is 4.49. The first-order valence-electron chi connectivity index (χ1n) is 5.92. The average molecular weight is 266 g/mol. The molecule has 102 valence electrons. The van der Waals surface area contributed by atoms with Crippen molar-refractivity contribution in [2.45, 2.75) is 19.4 Å². The predicted molar refractivity (Wildman–Crippen MR) is 68.1 cm³/mol. The lowest BCUT2D eigenvalue weighted by Gasteiger charge is -2.16. The van der Waals surface area contributed by atoms with Crippen LogP contribution in [-0.4, -0.2) is 9.78 Å². The van der Waals surface area contributed by atoms with Crippen LogP contribution in [0.15, 0.2) is 24.3 Å². The maximum Gasteiger partial charge on any atom is 0.126 e. The molecular formula is C13H16F2N4. The van der Waals surface area contributed by atoms with Gasteiger partial charge in [-0.1, -0.05) is 0 Å². The summed E-state index contributed by atoms with van der Waals surface area (Å²) in [5.41, 5.74) is 4.56. The summed E-state index contributed by atoms with van der Waals surface area (Å²) >= 11 is 0. The lowest BCUT2D eigenvalue weighted by Crippen LogP contribution is -2.31. The van der Waals surface area contributed by atoms with Crippen LogP contribution in [0.5, 0.6) is 0 Å². The van der Waals surface area contributed by atoms with Gasteiger partial charge in [-0.3, -0.25) is 16.0 Å². The molecule has 1 aromatic heterocycles. The molecule has 1 atom stereocenters. The summed E-state index contributed by atoms with van der Waals surface area (Å²) in [6.45, 7) is 1.86. The van der Waals surface area contributed by atoms with E-state index in [-0.39, 0.29) is 18.0 Å². The smallest absolute Gasteiger partial charge is 0.126 e. The van der Waals surface area contributed by atoms with Gasteiger partial charge in [0.25, 0.3) is 0 Å². The Morgan fingerprint density at radius 1 is 1.37 bits per heavy atom. The van der Waals surface area contributed by atoms with Crippen molar-refractivity contribution in [3.63, 3.8) is 0 Å². The molecule has 2 rings (SSSR count). The van der Waals surface area contributed by atoms with Gasteiger partial charge < -0.3 is 0 Å². The molecule has 19 heavy (non-hydrogen) atoms. The zero-order valence-corrected chi connectivity index (χ0v) is 10.8. The number of hydrogen-bond donors (Lipinski definition) is 2. The third-order valence-electron chi connectivity index (χ3n) is 3.03. The van der Waals surface area contributed by atoms with E-state index in [0.29, 0.717) is 0 Å². The summed E-state index contributed by atoms with van der Waals surface area (Å²) in [5, 5.41) is 4.21. The highest BCUT2D eigenvalue weighted by Gasteiger charge is 2.17. The van der Waals surface area contributed by atoms with Gasteiger partial charge in [0.1, 0.15) is 11.6 Å². The first-order valence-corrected chi connectivity index (χ1v) is 5.92. The lowest BCUT2D eigenvalue weighted by molar-refractivity contribution is 0.492. The van der Waals surface area contributed by atoms with E-state index >= 15 is 0 Å². The first kappa shape index (κ1) is 13.6. The van der Waals surface area contributed by atoms with Crippen LogP contribution in [-0.2, 0) is 13.5 Å². The maximum atomic E-state index is 13.6. The number of benzene rings is 1. The average Bonchev–Trinajstić information content (AvgIpc) is 2.69. The molecule has 2 aromatic rings. The van der Waals surface area contributed by atoms with Gasteiger partial charge in [0, 0.05) is 7.05 Å². The fraction of sp³-hybridized carbons (Fsp3) is 0.308. The van der Waals surface area contributed by atoms with E-state index in [1.807, 2.05) is 13.0 Å². The van der Waals surface area contributed by atoms with Gasteiger partial charge in [0.2, 0.25) is 0 Å². The number of halogens is 2. The molecule has 4 nitrogen and oxygen atoms in total. The van der Waals surface area contributed by atoms with Crippen molar-refractivity contribution in [3.8, 4) is 0 Å². The van der Waals surface area contributed by atoms with Crippen LogP contribution in [0.1, 0.15) is 23.0 Å². The lowest BCUT2D eigenvalue weighted by atomic mass is 10.0. The molecule has 1 aromatic carbocycles. The molecule has 0 spiro atoms. The Bertz CT molecular complexity index is 580. The topological polar surface area (TPSA) is 55.9 Å². The van der Waals surface area contributed by atoms with E-state index < -0.39 is 11.6 Å². The number of rotatable bonds is 4. The Kier molecular flexibility index (Phi) is 3.92. The van der Waals surface area contributed by atoms with Gasteiger partial charge in [0.15, 0.2) is 0 Å². The zero-order chi connectivity index (χ0) is 14.0. The van der Waals surface area contributed by atoms with Crippen molar-refractivity contribution in [1.82, 2.24) is 15.2 Å². The minimum Gasteiger partial charge on any atom is -0.271 e. The molecule has 0 aliphatic carbocycles. The van der Waals surface area contributed by atoms with Crippen LogP contribution in [0.3, 0.4) is 0 Å². The SMILES string of the molecule is Cc1cc(C(Cc2cc(F)ccc2F)NN)n(C)n1. The third-order valence-corrected chi connectivity index (χ3v) is 3.03. The molecule has 0 amide bonds. The Labute approximate surface area is 110 Å². The van der Waals surface area contributed by atoms with Crippen LogP contribution in [0, 0.1) is 18.6 Å². The van der Waals surface area contributed by atoms with Crippen LogP contribution in [0.4, 0.5) is 8.78 Å². The Morgan fingerprint density at radius 3 is 2.68 bits per heavy atom. The van der Waals surface area contributed by atoms with E-state index in [1.165, 1.54) is 6.07 Å². The monoisotopic (exact) mass is 266 g/mol. The van der Waals surface area contributed by atoms with Gasteiger partial charge in [-0.2, -0.15) is 5.10 Å². The number of hydrazine groups is 1. The molecule has 0 saturated carbocycles. The van der Waals surface area contributed by atoms with Gasteiger partial charge in [-0.05, 0) is 43.2 Å². The summed E-state index contributed by atoms with van der Waals surface area (Å²) in [6, 6.07) is 4.93. The molecule has 0 radical (unpaired) electrons. The van der Waals surface area contributed by atoms with E-state index in [1.54, 1.807) is 11.7 Å². The van der Waals surface area contributed by atoms with Gasteiger partial charge in [-0.15, -0.1) is 0 Å². The van der Waals surface area contributed by atoms with Crippen molar-refractivity contribution in [1.29, 1.82) is 0 Å². The van der Waals surface area contributed by atoms with Gasteiger partial charge in [-0.25, -0.2) is 8.78 Å². The molecule has 0 fully saturated rings. The molecule has 3 N–H and O–H groups in total. The van der Waals surface area contributed by atoms with Crippen molar-refractivity contribution in [2.24, 2.45) is 12.9 Å². The molecule has 1 heterocycles. The summed E-state index contributed by atoms with van der Waals surface area (Å²) in [6.07, 6.45) is 0.249. The highest BCUT2D eigenvalue weighted by Crippen LogP contribution is 2.20. The van der Waals surface area contributed by atoms with E-state index in [0.717, 1.165) is 23.5 Å². The normalized spacial score (nSPS) is 12.7. The minimum atomic E-state index is -0.464. The van der Waals surface area contributed by atoms with Crippen LogP contribution >= 0.6 is 0 Å². The fourth-order valence-corrected chi connectivity index (χ4v) is 2.13. The van der Waals surface area contributed by atoms with Gasteiger partial charge in [0.05, 0.1) is 17.4 Å². The Morgan fingerprint density at radius 2 is 2.11 bits per heavy atom. The number of nitrogens with zero attached hydrogens (tertiary/aromatic N) is 2. The number of aromatic nitrogens is 2. The molecule has 0 aliphatic rings. The number of nitrogens with one attached hydrogen (secondary N) is 1. The molecule has 1 unspecified atom stereocenters. The molecule has 6 heteroatoms. The first-order chi connectivity index (χ1) is 9.01. The van der Waals surface area contributed by atoms with E-state index in [9.17, 15) is 8.78 Å². The van der Waals surface area contributed by atoms with Crippen molar-refractivity contribution in [2.75, 3.05) is 0 Å². The number of aryl methyl sites for hydroxylation is 2. The predicted octanol–water partition coefficient (Wildman–Crippen LogP) is 1.75. The van der Waals surface area contributed by atoms with Crippen molar-refractivity contribution in [3.05, 3.63) is 52.9 Å². The minimum absolute atomic E-state index is 0.249. The summed E-state index contributed by atoms with van der Waals surface area (Å²) in [5.74, 6) is 4.60. The third kappa shape index (κ3) is 2.97. The summed E-state index contributed by atoms with van der Waals surface area (Å²) in [4.78, 5) is 0. The Balaban J connectivity index is 2.29. The second-order valence-electron chi connectivity index (χ2n) is 4.49. The zero-order valence-electron chi connectivity index (χ0n) is 10.8. The molecule has 0 bridgehead atoms. The Hall–Kier alpha value is -1.79. The standard InChI is InChI=1S/C13H16F2N4/c1-8-5-13(19(2)18-8)12(17-16)7-9-6-10(14)3-4-11(9)15/h3-6,12,17H,7,16H2,1-2H3. The highest BCUT2D eigenvalue weighted by molar-refractivity contribution is 5.23. The van der Waals surface area contributed by atoms with E-state index in [4.69, 9.17) is 5.84 Å². The van der Waals surface area contributed by atoms with Gasteiger partial charge >= 0.3 is 0 Å². The summed E-state index contributed by atoms with van der Waals surface area (Å²) < 4.78 is 28.5. The van der Waals surface area contributed by atoms with E-state index in [2.05, 4.69) is 10.5 Å². The van der Waals surface area contributed by atoms with Crippen LogP contribution < -0.4 is 11.3 Å². The fourth-order valence-electron chi connectivity index (χ4n) is 2.13. The van der Waals surface area contributed by atoms with Crippen LogP contribution in [0.2, 0.25) is 0 Å². The second kappa shape index (κ2) is 5.46. The quantitative estimate of drug-likeness (QED) is 0.655.